The molecule has 6 atom stereocenters. The van der Waals surface area contributed by atoms with Crippen LogP contribution in [0.15, 0.2) is 29.4 Å². The number of carbonyl (C=O) groups is 2. The zero-order valence-corrected chi connectivity index (χ0v) is 13.5. The average Bonchev–Trinajstić information content (AvgIpc) is 3.35. The lowest BCUT2D eigenvalue weighted by Gasteiger charge is -2.26. The Labute approximate surface area is 143 Å². The number of nitriles is 1. The van der Waals surface area contributed by atoms with Gasteiger partial charge in [0.1, 0.15) is 6.10 Å². The van der Waals surface area contributed by atoms with E-state index in [4.69, 9.17) is 14.8 Å². The van der Waals surface area contributed by atoms with E-state index < -0.39 is 17.9 Å². The van der Waals surface area contributed by atoms with Gasteiger partial charge in [-0.15, -0.1) is 0 Å². The van der Waals surface area contributed by atoms with E-state index in [-0.39, 0.29) is 29.9 Å². The van der Waals surface area contributed by atoms with Gasteiger partial charge in [0, 0.05) is 6.54 Å². The molecule has 4 aliphatic heterocycles. The molecule has 25 heavy (non-hydrogen) atoms. The van der Waals surface area contributed by atoms with Gasteiger partial charge in [-0.25, -0.2) is 0 Å². The molecule has 0 spiro atoms. The van der Waals surface area contributed by atoms with E-state index in [0.29, 0.717) is 12.1 Å². The third-order valence-corrected chi connectivity index (χ3v) is 5.76. The number of fused-ring (bicyclic) bond motifs is 8. The largest absolute Gasteiger partial charge is 0.389 e. The summed E-state index contributed by atoms with van der Waals surface area (Å²) >= 11 is 0. The Morgan fingerprint density at radius 2 is 1.76 bits per heavy atom. The van der Waals surface area contributed by atoms with Crippen LogP contribution in [0.5, 0.6) is 0 Å². The Kier molecular flexibility index (Phi) is 2.86. The fourth-order valence-electron chi connectivity index (χ4n) is 4.68. The number of benzene rings is 1. The summed E-state index contributed by atoms with van der Waals surface area (Å²) in [6.45, 7) is 2.19. The second kappa shape index (κ2) is 4.90. The standard InChI is InChI=1S/C18H15N3O4/c1-2-21-17(22)10-11(18(21)23)15-16-12(14(10)24-15)13(20-25-16)9-5-3-8(7-19)4-6-9/h3-6,10-12,14-16H,2H2,1H3/t10-,11+,12-,14-,15-,16+/m1/s1. The monoisotopic (exact) mass is 337 g/mol. The minimum atomic E-state index is -0.450. The van der Waals surface area contributed by atoms with Crippen molar-refractivity contribution in [3.8, 4) is 6.07 Å². The van der Waals surface area contributed by atoms with Crippen LogP contribution in [-0.2, 0) is 19.2 Å². The lowest BCUT2D eigenvalue weighted by atomic mass is 9.71. The molecule has 7 heteroatoms. The van der Waals surface area contributed by atoms with Crippen molar-refractivity contribution in [3.05, 3.63) is 35.4 Å². The van der Waals surface area contributed by atoms with Gasteiger partial charge in [0.2, 0.25) is 11.8 Å². The highest BCUT2D eigenvalue weighted by Gasteiger charge is 2.71. The first-order chi connectivity index (χ1) is 12.2. The van der Waals surface area contributed by atoms with E-state index in [9.17, 15) is 9.59 Å². The molecule has 7 nitrogen and oxygen atoms in total. The predicted molar refractivity (Wildman–Crippen MR) is 84.1 cm³/mol. The quantitative estimate of drug-likeness (QED) is 0.740. The number of carbonyl (C=O) groups excluding carboxylic acids is 2. The number of likely N-dealkylation sites (tertiary alicyclic amines) is 1. The molecule has 0 saturated carbocycles. The van der Waals surface area contributed by atoms with Crippen molar-refractivity contribution in [2.24, 2.45) is 22.9 Å². The molecule has 0 aliphatic carbocycles. The Bertz CT molecular complexity index is 856. The summed E-state index contributed by atoms with van der Waals surface area (Å²) in [7, 11) is 0. The summed E-state index contributed by atoms with van der Waals surface area (Å²) in [5, 5.41) is 13.2. The van der Waals surface area contributed by atoms with E-state index in [1.54, 1.807) is 19.1 Å². The molecule has 3 fully saturated rings. The molecule has 0 aromatic heterocycles. The zero-order valence-electron chi connectivity index (χ0n) is 13.5. The first kappa shape index (κ1) is 14.6. The number of hydrogen-bond acceptors (Lipinski definition) is 6. The molecule has 1 aromatic rings. The molecule has 2 bridgehead atoms. The van der Waals surface area contributed by atoms with Crippen LogP contribution in [0.3, 0.4) is 0 Å². The fraction of sp³-hybridized carbons (Fsp3) is 0.444. The van der Waals surface area contributed by atoms with Crippen molar-refractivity contribution >= 4 is 17.5 Å². The van der Waals surface area contributed by atoms with Crippen molar-refractivity contribution in [2.75, 3.05) is 6.54 Å². The highest BCUT2D eigenvalue weighted by atomic mass is 16.7. The topological polar surface area (TPSA) is 92.0 Å². The Morgan fingerprint density at radius 1 is 1.08 bits per heavy atom. The van der Waals surface area contributed by atoms with Crippen LogP contribution in [0.4, 0.5) is 0 Å². The summed E-state index contributed by atoms with van der Waals surface area (Å²) in [6, 6.07) is 9.19. The summed E-state index contributed by atoms with van der Waals surface area (Å²) < 4.78 is 6.01. The maximum absolute atomic E-state index is 12.6. The van der Waals surface area contributed by atoms with Crippen LogP contribution in [-0.4, -0.2) is 47.3 Å². The maximum atomic E-state index is 12.6. The molecular weight excluding hydrogens is 322 g/mol. The Hall–Kier alpha value is -2.72. The molecular formula is C18H15N3O4. The second-order valence-electron chi connectivity index (χ2n) is 6.80. The van der Waals surface area contributed by atoms with Crippen LogP contribution < -0.4 is 0 Å². The van der Waals surface area contributed by atoms with Crippen molar-refractivity contribution < 1.29 is 19.2 Å². The van der Waals surface area contributed by atoms with Crippen molar-refractivity contribution in [1.29, 1.82) is 5.26 Å². The number of rotatable bonds is 2. The van der Waals surface area contributed by atoms with Crippen molar-refractivity contribution in [1.82, 2.24) is 4.90 Å². The third kappa shape index (κ3) is 1.70. The van der Waals surface area contributed by atoms with E-state index in [0.717, 1.165) is 11.3 Å². The zero-order chi connectivity index (χ0) is 17.3. The highest BCUT2D eigenvalue weighted by Crippen LogP contribution is 2.54. The number of hydrogen-bond donors (Lipinski definition) is 0. The van der Waals surface area contributed by atoms with Gasteiger partial charge in [0.15, 0.2) is 6.10 Å². The number of oxime groups is 1. The van der Waals surface area contributed by atoms with Gasteiger partial charge < -0.3 is 9.57 Å². The van der Waals surface area contributed by atoms with Gasteiger partial charge >= 0.3 is 0 Å². The van der Waals surface area contributed by atoms with Crippen LogP contribution in [0, 0.1) is 29.1 Å². The van der Waals surface area contributed by atoms with Crippen molar-refractivity contribution in [2.45, 2.75) is 25.2 Å². The minimum absolute atomic E-state index is 0.144. The van der Waals surface area contributed by atoms with Gasteiger partial charge in [0.25, 0.3) is 0 Å². The SMILES string of the molecule is CCN1C(=O)[C@@H]2[C@H]3O[C@@H]([C@H]4C(c5ccc(C#N)cc5)=NO[C@H]34)[C@@H]2C1=O. The lowest BCUT2D eigenvalue weighted by Crippen LogP contribution is -2.45. The first-order valence-corrected chi connectivity index (χ1v) is 8.40. The lowest BCUT2D eigenvalue weighted by molar-refractivity contribution is -0.142. The van der Waals surface area contributed by atoms with Gasteiger partial charge in [-0.3, -0.25) is 14.5 Å². The minimum Gasteiger partial charge on any atom is -0.389 e. The van der Waals surface area contributed by atoms with Gasteiger partial charge in [-0.05, 0) is 24.6 Å². The van der Waals surface area contributed by atoms with Crippen LogP contribution in [0.1, 0.15) is 18.1 Å². The molecule has 0 radical (unpaired) electrons. The predicted octanol–water partition coefficient (Wildman–Crippen LogP) is 0.679. The number of ether oxygens (including phenoxy) is 1. The molecule has 0 N–H and O–H groups in total. The Balaban J connectivity index is 1.49. The van der Waals surface area contributed by atoms with Crippen LogP contribution >= 0.6 is 0 Å². The molecule has 0 unspecified atom stereocenters. The number of imide groups is 1. The molecule has 3 saturated heterocycles. The third-order valence-electron chi connectivity index (χ3n) is 5.76. The van der Waals surface area contributed by atoms with E-state index in [1.165, 1.54) is 4.90 Å². The second-order valence-corrected chi connectivity index (χ2v) is 6.80. The highest BCUT2D eigenvalue weighted by molar-refractivity contribution is 6.09. The molecule has 4 aliphatic rings. The molecule has 2 amide bonds. The summed E-state index contributed by atoms with van der Waals surface area (Å²) in [5.41, 5.74) is 2.15. The van der Waals surface area contributed by atoms with Crippen LogP contribution in [0.25, 0.3) is 0 Å². The van der Waals surface area contributed by atoms with Gasteiger partial charge in [0.05, 0.1) is 41.2 Å². The van der Waals surface area contributed by atoms with Crippen LogP contribution in [0.2, 0.25) is 0 Å². The molecule has 4 heterocycles. The smallest absolute Gasteiger partial charge is 0.235 e. The van der Waals surface area contributed by atoms with Gasteiger partial charge in [-0.1, -0.05) is 17.3 Å². The first-order valence-electron chi connectivity index (χ1n) is 8.40. The average molecular weight is 337 g/mol. The fourth-order valence-corrected chi connectivity index (χ4v) is 4.68. The summed E-state index contributed by atoms with van der Waals surface area (Å²) in [4.78, 5) is 32.1. The Morgan fingerprint density at radius 3 is 2.40 bits per heavy atom. The molecule has 126 valence electrons. The van der Waals surface area contributed by atoms with Gasteiger partial charge in [-0.2, -0.15) is 5.26 Å². The summed E-state index contributed by atoms with van der Waals surface area (Å²) in [5.74, 6) is -1.35. The number of nitrogens with zero attached hydrogens (tertiary/aromatic N) is 3. The normalized spacial score (nSPS) is 37.6. The molecule has 5 rings (SSSR count). The number of amides is 2. The van der Waals surface area contributed by atoms with E-state index >= 15 is 0 Å². The maximum Gasteiger partial charge on any atom is 0.235 e. The van der Waals surface area contributed by atoms with Crippen molar-refractivity contribution in [3.63, 3.8) is 0 Å². The van der Waals surface area contributed by atoms with E-state index in [1.807, 2.05) is 12.1 Å². The molecule has 1 aromatic carbocycles. The summed E-state index contributed by atoms with van der Waals surface area (Å²) in [6.07, 6.45) is -1.14. The van der Waals surface area contributed by atoms with E-state index in [2.05, 4.69) is 11.2 Å².